The van der Waals surface area contributed by atoms with E-state index in [2.05, 4.69) is 58.5 Å². The van der Waals surface area contributed by atoms with Gasteiger partial charge in [0.1, 0.15) is 11.2 Å². The molecule has 0 atom stereocenters. The molecule has 0 radical (unpaired) electrons. The molecule has 0 aliphatic rings. The monoisotopic (exact) mass is 509 g/mol. The zero-order valence-electron chi connectivity index (χ0n) is 20.2. The molecule has 0 aliphatic heterocycles. The minimum absolute atomic E-state index is 0.147. The summed E-state index contributed by atoms with van der Waals surface area (Å²) in [6, 6.07) is 40.9. The molecule has 2 heterocycles. The zero-order valence-corrected chi connectivity index (χ0v) is 20.9. The number of para-hydroxylation sites is 1. The molecular weight excluding hydrogens is 490 g/mol. The van der Waals surface area contributed by atoms with Gasteiger partial charge in [0.2, 0.25) is 5.28 Å². The molecule has 7 rings (SSSR count). The van der Waals surface area contributed by atoms with E-state index < -0.39 is 0 Å². The lowest BCUT2D eigenvalue weighted by atomic mass is 9.96. The fraction of sp³-hybridized carbons (Fsp3) is 0. The van der Waals surface area contributed by atoms with Crippen molar-refractivity contribution in [2.24, 2.45) is 0 Å². The normalized spacial score (nSPS) is 11.3. The summed E-state index contributed by atoms with van der Waals surface area (Å²) in [5.41, 5.74) is 7.76. The van der Waals surface area contributed by atoms with Gasteiger partial charge in [0.05, 0.1) is 0 Å². The third-order valence-corrected chi connectivity index (χ3v) is 6.82. The number of fused-ring (bicyclic) bond motifs is 3. The summed E-state index contributed by atoms with van der Waals surface area (Å²) in [4.78, 5) is 13.9. The van der Waals surface area contributed by atoms with Crippen LogP contribution >= 0.6 is 11.6 Å². The molecule has 5 heteroatoms. The highest BCUT2D eigenvalue weighted by Gasteiger charge is 2.15. The number of nitrogens with zero attached hydrogens (tertiary/aromatic N) is 3. The van der Waals surface area contributed by atoms with Crippen molar-refractivity contribution in [3.05, 3.63) is 127 Å². The van der Waals surface area contributed by atoms with Gasteiger partial charge in [0.25, 0.3) is 0 Å². The molecule has 0 bridgehead atoms. The first-order chi connectivity index (χ1) is 18.7. The van der Waals surface area contributed by atoms with E-state index in [4.69, 9.17) is 21.0 Å². The lowest BCUT2D eigenvalue weighted by molar-refractivity contribution is 0.669. The first-order valence-electron chi connectivity index (χ1n) is 12.3. The molecule has 0 fully saturated rings. The van der Waals surface area contributed by atoms with Gasteiger partial charge in [0, 0.05) is 21.9 Å². The standard InChI is InChI=1S/C33H20ClN3O/c34-33-36-31(23-15-16-30-28(20-23)27-13-7-8-14-29(27)38-30)35-32(37-33)26-18-24(21-9-3-1-4-10-21)17-25(19-26)22-11-5-2-6-12-22/h1-20H. The van der Waals surface area contributed by atoms with Gasteiger partial charge in [-0.3, -0.25) is 0 Å². The van der Waals surface area contributed by atoms with Crippen molar-refractivity contribution in [1.29, 1.82) is 0 Å². The minimum Gasteiger partial charge on any atom is -0.456 e. The molecule has 7 aromatic rings. The quantitative estimate of drug-likeness (QED) is 0.237. The molecule has 0 aliphatic carbocycles. The number of aromatic nitrogens is 3. The van der Waals surface area contributed by atoms with Crippen LogP contribution in [0.15, 0.2) is 126 Å². The van der Waals surface area contributed by atoms with Crippen LogP contribution in [0.5, 0.6) is 0 Å². The van der Waals surface area contributed by atoms with Gasteiger partial charge in [-0.05, 0) is 76.3 Å². The lowest BCUT2D eigenvalue weighted by Gasteiger charge is -2.11. The van der Waals surface area contributed by atoms with Crippen molar-refractivity contribution in [3.63, 3.8) is 0 Å². The summed E-state index contributed by atoms with van der Waals surface area (Å²) in [6.07, 6.45) is 0. The van der Waals surface area contributed by atoms with Crippen LogP contribution in [-0.2, 0) is 0 Å². The van der Waals surface area contributed by atoms with E-state index in [0.29, 0.717) is 11.6 Å². The minimum atomic E-state index is 0.147. The van der Waals surface area contributed by atoms with Crippen LogP contribution in [-0.4, -0.2) is 15.0 Å². The van der Waals surface area contributed by atoms with Gasteiger partial charge in [-0.25, -0.2) is 4.98 Å². The summed E-state index contributed by atoms with van der Waals surface area (Å²) in [5.74, 6) is 1.03. The van der Waals surface area contributed by atoms with Crippen molar-refractivity contribution < 1.29 is 4.42 Å². The van der Waals surface area contributed by atoms with Crippen molar-refractivity contribution in [2.75, 3.05) is 0 Å². The van der Waals surface area contributed by atoms with E-state index in [9.17, 15) is 0 Å². The average molecular weight is 510 g/mol. The first-order valence-corrected chi connectivity index (χ1v) is 12.7. The maximum absolute atomic E-state index is 6.47. The predicted molar refractivity (Wildman–Crippen MR) is 154 cm³/mol. The topological polar surface area (TPSA) is 51.8 Å². The summed E-state index contributed by atoms with van der Waals surface area (Å²) < 4.78 is 5.99. The number of halogens is 1. The Labute approximate surface area is 224 Å². The molecule has 4 nitrogen and oxygen atoms in total. The smallest absolute Gasteiger partial charge is 0.226 e. The Balaban J connectivity index is 1.39. The lowest BCUT2D eigenvalue weighted by Crippen LogP contribution is -1.98. The van der Waals surface area contributed by atoms with Gasteiger partial charge in [-0.15, -0.1) is 0 Å². The van der Waals surface area contributed by atoms with Crippen LogP contribution in [0.25, 0.3) is 67.0 Å². The molecule has 0 amide bonds. The van der Waals surface area contributed by atoms with Crippen LogP contribution in [0, 0.1) is 0 Å². The van der Waals surface area contributed by atoms with Gasteiger partial charge < -0.3 is 4.42 Å². The fourth-order valence-electron chi connectivity index (χ4n) is 4.82. The van der Waals surface area contributed by atoms with Crippen LogP contribution in [0.3, 0.4) is 0 Å². The van der Waals surface area contributed by atoms with E-state index in [1.54, 1.807) is 0 Å². The van der Waals surface area contributed by atoms with Crippen molar-refractivity contribution in [1.82, 2.24) is 15.0 Å². The Hall–Kier alpha value is -4.80. The molecule has 0 unspecified atom stereocenters. The second-order valence-corrected chi connectivity index (χ2v) is 9.43. The highest BCUT2D eigenvalue weighted by Crippen LogP contribution is 2.34. The number of benzene rings is 5. The highest BCUT2D eigenvalue weighted by atomic mass is 35.5. The summed E-state index contributed by atoms with van der Waals surface area (Å²) >= 11 is 6.47. The molecule has 0 N–H and O–H groups in total. The molecule has 180 valence electrons. The van der Waals surface area contributed by atoms with Crippen molar-refractivity contribution in [3.8, 4) is 45.0 Å². The highest BCUT2D eigenvalue weighted by molar-refractivity contribution is 6.28. The summed E-state index contributed by atoms with van der Waals surface area (Å²) in [5, 5.41) is 2.20. The van der Waals surface area contributed by atoms with E-state index >= 15 is 0 Å². The van der Waals surface area contributed by atoms with Crippen molar-refractivity contribution in [2.45, 2.75) is 0 Å². The van der Waals surface area contributed by atoms with E-state index in [1.165, 1.54) is 0 Å². The Kier molecular flexibility index (Phi) is 5.46. The first kappa shape index (κ1) is 22.4. The second kappa shape index (κ2) is 9.25. The SMILES string of the molecule is Clc1nc(-c2cc(-c3ccccc3)cc(-c3ccccc3)c2)nc(-c2ccc3oc4ccccc4c3c2)n1. The number of hydrogen-bond acceptors (Lipinski definition) is 4. The third kappa shape index (κ3) is 4.11. The molecule has 0 saturated carbocycles. The average Bonchev–Trinajstić information content (AvgIpc) is 3.35. The number of rotatable bonds is 4. The van der Waals surface area contributed by atoms with Crippen LogP contribution in [0.1, 0.15) is 0 Å². The molecule has 38 heavy (non-hydrogen) atoms. The van der Waals surface area contributed by atoms with E-state index in [-0.39, 0.29) is 5.28 Å². The molecule has 0 spiro atoms. The maximum atomic E-state index is 6.47. The summed E-state index contributed by atoms with van der Waals surface area (Å²) in [6.45, 7) is 0. The van der Waals surface area contributed by atoms with Gasteiger partial charge in [-0.2, -0.15) is 9.97 Å². The van der Waals surface area contributed by atoms with Gasteiger partial charge >= 0.3 is 0 Å². The predicted octanol–water partition coefficient (Wildman–Crippen LogP) is 9.09. The largest absolute Gasteiger partial charge is 0.456 e. The third-order valence-electron chi connectivity index (χ3n) is 6.65. The van der Waals surface area contributed by atoms with Crippen LogP contribution < -0.4 is 0 Å². The van der Waals surface area contributed by atoms with E-state index in [0.717, 1.165) is 55.3 Å². The molecule has 5 aromatic carbocycles. The van der Waals surface area contributed by atoms with Crippen LogP contribution in [0.2, 0.25) is 5.28 Å². The van der Waals surface area contributed by atoms with Crippen LogP contribution in [0.4, 0.5) is 0 Å². The van der Waals surface area contributed by atoms with Crippen molar-refractivity contribution >= 4 is 33.5 Å². The Morgan fingerprint density at radius 3 is 1.66 bits per heavy atom. The molecule has 2 aromatic heterocycles. The number of furan rings is 1. The van der Waals surface area contributed by atoms with Gasteiger partial charge in [-0.1, -0.05) is 78.9 Å². The van der Waals surface area contributed by atoms with E-state index in [1.807, 2.05) is 72.8 Å². The Bertz CT molecular complexity index is 1870. The summed E-state index contributed by atoms with van der Waals surface area (Å²) in [7, 11) is 0. The Morgan fingerprint density at radius 1 is 0.421 bits per heavy atom. The number of hydrogen-bond donors (Lipinski definition) is 0. The zero-order chi connectivity index (χ0) is 25.5. The molecular formula is C33H20ClN3O. The molecule has 0 saturated heterocycles. The second-order valence-electron chi connectivity index (χ2n) is 9.09. The fourth-order valence-corrected chi connectivity index (χ4v) is 4.98. The van der Waals surface area contributed by atoms with Gasteiger partial charge in [0.15, 0.2) is 11.6 Å². The maximum Gasteiger partial charge on any atom is 0.226 e. The Morgan fingerprint density at radius 2 is 0.974 bits per heavy atom.